The van der Waals surface area contributed by atoms with E-state index in [1.165, 1.54) is 0 Å². The summed E-state index contributed by atoms with van der Waals surface area (Å²) in [6.45, 7) is 5.47. The van der Waals surface area contributed by atoms with Crippen LogP contribution in [0.15, 0.2) is 27.1 Å². The molecule has 1 N–H and O–H groups in total. The Hall–Kier alpha value is -0.550. The van der Waals surface area contributed by atoms with Crippen molar-refractivity contribution in [2.45, 2.75) is 26.4 Å². The van der Waals surface area contributed by atoms with Gasteiger partial charge in [0, 0.05) is 14.6 Å². The molecule has 1 aromatic rings. The van der Waals surface area contributed by atoms with Crippen molar-refractivity contribution in [1.29, 1.82) is 0 Å². The highest BCUT2D eigenvalue weighted by molar-refractivity contribution is 9.13. The molecule has 0 unspecified atom stereocenters. The van der Waals surface area contributed by atoms with E-state index in [0.29, 0.717) is 5.69 Å². The summed E-state index contributed by atoms with van der Waals surface area (Å²) in [5.74, 6) is 0. The molecular formula is C11H13Br2NO2. The molecule has 0 bridgehead atoms. The quantitative estimate of drug-likeness (QED) is 0.806. The Morgan fingerprint density at radius 2 is 1.88 bits per heavy atom. The lowest BCUT2D eigenvalue weighted by atomic mass is 10.2. The molecule has 88 valence electrons. The SMILES string of the molecule is CC(C)(C)OC(=O)Nc1ccc(Br)c(Br)c1. The summed E-state index contributed by atoms with van der Waals surface area (Å²) in [4.78, 5) is 11.5. The van der Waals surface area contributed by atoms with Crippen molar-refractivity contribution in [3.8, 4) is 0 Å². The minimum atomic E-state index is -0.489. The van der Waals surface area contributed by atoms with Crippen LogP contribution in [0.25, 0.3) is 0 Å². The monoisotopic (exact) mass is 349 g/mol. The van der Waals surface area contributed by atoms with Crippen molar-refractivity contribution >= 4 is 43.6 Å². The number of rotatable bonds is 1. The van der Waals surface area contributed by atoms with Gasteiger partial charge >= 0.3 is 6.09 Å². The fourth-order valence-corrected chi connectivity index (χ4v) is 1.62. The molecular weight excluding hydrogens is 338 g/mol. The number of hydrogen-bond acceptors (Lipinski definition) is 2. The summed E-state index contributed by atoms with van der Waals surface area (Å²) in [5, 5.41) is 2.65. The van der Waals surface area contributed by atoms with Gasteiger partial charge in [0.2, 0.25) is 0 Å². The second kappa shape index (κ2) is 5.19. The van der Waals surface area contributed by atoms with E-state index in [-0.39, 0.29) is 0 Å². The fourth-order valence-electron chi connectivity index (χ4n) is 0.995. The van der Waals surface area contributed by atoms with E-state index >= 15 is 0 Å². The summed E-state index contributed by atoms with van der Waals surface area (Å²) in [6, 6.07) is 5.43. The molecule has 5 heteroatoms. The summed E-state index contributed by atoms with van der Waals surface area (Å²) >= 11 is 6.71. The molecule has 0 aliphatic carbocycles. The zero-order valence-electron chi connectivity index (χ0n) is 9.30. The zero-order valence-corrected chi connectivity index (χ0v) is 12.5. The Balaban J connectivity index is 2.67. The Morgan fingerprint density at radius 1 is 1.25 bits per heavy atom. The first-order valence-electron chi connectivity index (χ1n) is 4.73. The van der Waals surface area contributed by atoms with Gasteiger partial charge in [0.05, 0.1) is 0 Å². The standard InChI is InChI=1S/C11H13Br2NO2/c1-11(2,3)16-10(15)14-7-4-5-8(12)9(13)6-7/h4-6H,1-3H3,(H,14,15). The lowest BCUT2D eigenvalue weighted by Crippen LogP contribution is -2.27. The van der Waals surface area contributed by atoms with Crippen LogP contribution in [0, 0.1) is 0 Å². The van der Waals surface area contributed by atoms with E-state index in [4.69, 9.17) is 4.74 Å². The molecule has 0 atom stereocenters. The Bertz CT molecular complexity index is 399. The van der Waals surface area contributed by atoms with E-state index in [1.807, 2.05) is 26.8 Å². The van der Waals surface area contributed by atoms with Crippen molar-refractivity contribution in [3.05, 3.63) is 27.1 Å². The van der Waals surface area contributed by atoms with Gasteiger partial charge in [-0.15, -0.1) is 0 Å². The van der Waals surface area contributed by atoms with Gasteiger partial charge in [-0.3, -0.25) is 5.32 Å². The Kier molecular flexibility index (Phi) is 4.38. The fraction of sp³-hybridized carbons (Fsp3) is 0.364. The maximum Gasteiger partial charge on any atom is 0.412 e. The van der Waals surface area contributed by atoms with Crippen LogP contribution >= 0.6 is 31.9 Å². The summed E-state index contributed by atoms with van der Waals surface area (Å²) in [6.07, 6.45) is -0.457. The molecule has 0 aromatic heterocycles. The maximum absolute atomic E-state index is 11.5. The first-order valence-corrected chi connectivity index (χ1v) is 6.31. The van der Waals surface area contributed by atoms with E-state index in [9.17, 15) is 4.79 Å². The number of halogens is 2. The normalized spacial score (nSPS) is 11.1. The number of carbonyl (C=O) groups excluding carboxylic acids is 1. The van der Waals surface area contributed by atoms with Gasteiger partial charge in [-0.05, 0) is 70.8 Å². The van der Waals surface area contributed by atoms with Crippen LogP contribution in [-0.2, 0) is 4.74 Å². The van der Waals surface area contributed by atoms with Crippen LogP contribution in [0.4, 0.5) is 10.5 Å². The molecule has 0 saturated carbocycles. The molecule has 1 aromatic carbocycles. The number of nitrogens with one attached hydrogen (secondary N) is 1. The molecule has 0 spiro atoms. The lowest BCUT2D eigenvalue weighted by molar-refractivity contribution is 0.0636. The van der Waals surface area contributed by atoms with Gasteiger partial charge in [0.15, 0.2) is 0 Å². The van der Waals surface area contributed by atoms with Crippen molar-refractivity contribution < 1.29 is 9.53 Å². The van der Waals surface area contributed by atoms with Crippen molar-refractivity contribution in [2.24, 2.45) is 0 Å². The topological polar surface area (TPSA) is 38.3 Å². The highest BCUT2D eigenvalue weighted by Gasteiger charge is 2.16. The second-order valence-electron chi connectivity index (χ2n) is 4.26. The minimum Gasteiger partial charge on any atom is -0.444 e. The van der Waals surface area contributed by atoms with Crippen molar-refractivity contribution in [3.63, 3.8) is 0 Å². The summed E-state index contributed by atoms with van der Waals surface area (Å²) in [5.41, 5.74) is 0.195. The number of anilines is 1. The van der Waals surface area contributed by atoms with Crippen LogP contribution in [0.3, 0.4) is 0 Å². The van der Waals surface area contributed by atoms with Crippen LogP contribution in [0.5, 0.6) is 0 Å². The Morgan fingerprint density at radius 3 is 2.38 bits per heavy atom. The average molecular weight is 351 g/mol. The van der Waals surface area contributed by atoms with E-state index < -0.39 is 11.7 Å². The molecule has 3 nitrogen and oxygen atoms in total. The van der Waals surface area contributed by atoms with Gasteiger partial charge in [0.25, 0.3) is 0 Å². The van der Waals surface area contributed by atoms with Gasteiger partial charge in [-0.2, -0.15) is 0 Å². The van der Waals surface area contributed by atoms with Gasteiger partial charge in [-0.1, -0.05) is 0 Å². The summed E-state index contributed by atoms with van der Waals surface area (Å²) < 4.78 is 6.94. The van der Waals surface area contributed by atoms with Crippen molar-refractivity contribution in [2.75, 3.05) is 5.32 Å². The number of carbonyl (C=O) groups is 1. The average Bonchev–Trinajstić information content (AvgIpc) is 2.08. The number of amides is 1. The number of ether oxygens (including phenoxy) is 1. The predicted molar refractivity (Wildman–Crippen MR) is 71.7 cm³/mol. The molecule has 1 amide bonds. The molecule has 1 rings (SSSR count). The van der Waals surface area contributed by atoms with Crippen LogP contribution in [0.2, 0.25) is 0 Å². The molecule has 0 heterocycles. The van der Waals surface area contributed by atoms with Gasteiger partial charge in [0.1, 0.15) is 5.60 Å². The molecule has 0 fully saturated rings. The third-order valence-corrected chi connectivity index (χ3v) is 3.44. The van der Waals surface area contributed by atoms with E-state index in [1.54, 1.807) is 12.1 Å². The predicted octanol–water partition coefficient (Wildman–Crippen LogP) is 4.56. The number of benzene rings is 1. The smallest absolute Gasteiger partial charge is 0.412 e. The van der Waals surface area contributed by atoms with E-state index in [2.05, 4.69) is 37.2 Å². The maximum atomic E-state index is 11.5. The second-order valence-corrected chi connectivity index (χ2v) is 5.96. The molecule has 0 radical (unpaired) electrons. The first-order chi connectivity index (χ1) is 7.28. The molecule has 16 heavy (non-hydrogen) atoms. The van der Waals surface area contributed by atoms with Crippen molar-refractivity contribution in [1.82, 2.24) is 0 Å². The molecule has 0 aliphatic heterocycles. The lowest BCUT2D eigenvalue weighted by Gasteiger charge is -2.19. The highest BCUT2D eigenvalue weighted by atomic mass is 79.9. The van der Waals surface area contributed by atoms with Crippen LogP contribution in [0.1, 0.15) is 20.8 Å². The number of hydrogen-bond donors (Lipinski definition) is 1. The Labute approximate surface area is 112 Å². The molecule has 0 aliphatic rings. The first kappa shape index (κ1) is 13.5. The third kappa shape index (κ3) is 4.53. The summed E-state index contributed by atoms with van der Waals surface area (Å²) in [7, 11) is 0. The zero-order chi connectivity index (χ0) is 12.3. The van der Waals surface area contributed by atoms with Crippen LogP contribution < -0.4 is 5.32 Å². The van der Waals surface area contributed by atoms with E-state index in [0.717, 1.165) is 8.95 Å². The van der Waals surface area contributed by atoms with Crippen LogP contribution in [-0.4, -0.2) is 11.7 Å². The third-order valence-electron chi connectivity index (χ3n) is 1.56. The highest BCUT2D eigenvalue weighted by Crippen LogP contribution is 2.26. The minimum absolute atomic E-state index is 0.457. The van der Waals surface area contributed by atoms with Gasteiger partial charge in [-0.25, -0.2) is 4.79 Å². The van der Waals surface area contributed by atoms with Gasteiger partial charge < -0.3 is 4.74 Å². The largest absolute Gasteiger partial charge is 0.444 e. The molecule has 0 saturated heterocycles.